The van der Waals surface area contributed by atoms with Gasteiger partial charge < -0.3 is 0 Å². The van der Waals surface area contributed by atoms with Crippen molar-refractivity contribution in [2.24, 2.45) is 28.8 Å². The Morgan fingerprint density at radius 2 is 1.80 bits per heavy atom. The monoisotopic (exact) mass is 267 g/mol. The summed E-state index contributed by atoms with van der Waals surface area (Å²) in [5, 5.41) is 3.97. The third-order valence-corrected chi connectivity index (χ3v) is 6.21. The Bertz CT molecular complexity index is 533. The van der Waals surface area contributed by atoms with Crippen molar-refractivity contribution in [1.82, 2.24) is 0 Å². The van der Waals surface area contributed by atoms with Gasteiger partial charge in [0.15, 0.2) is 0 Å². The quantitative estimate of drug-likeness (QED) is 0.433. The molecular formula is C17H21N3. The molecule has 3 heteroatoms. The fourth-order valence-electron chi connectivity index (χ4n) is 5.81. The summed E-state index contributed by atoms with van der Waals surface area (Å²) in [4.78, 5) is 3.04. The zero-order chi connectivity index (χ0) is 13.6. The highest BCUT2D eigenvalue weighted by Gasteiger charge is 2.56. The Morgan fingerprint density at radius 3 is 2.45 bits per heavy atom. The molecule has 0 aromatic heterocycles. The lowest BCUT2D eigenvalue weighted by Gasteiger charge is -2.61. The van der Waals surface area contributed by atoms with Crippen molar-refractivity contribution in [2.45, 2.75) is 37.5 Å². The van der Waals surface area contributed by atoms with Crippen molar-refractivity contribution in [2.75, 3.05) is 6.54 Å². The van der Waals surface area contributed by atoms with Crippen molar-refractivity contribution in [3.63, 3.8) is 0 Å². The summed E-state index contributed by atoms with van der Waals surface area (Å²) in [5.41, 5.74) is 10.5. The molecule has 0 aliphatic heterocycles. The van der Waals surface area contributed by atoms with Crippen LogP contribution in [0.25, 0.3) is 10.4 Å². The van der Waals surface area contributed by atoms with Crippen molar-refractivity contribution in [3.8, 4) is 0 Å². The van der Waals surface area contributed by atoms with E-state index in [2.05, 4.69) is 40.4 Å². The fraction of sp³-hybridized carbons (Fsp3) is 0.647. The third kappa shape index (κ3) is 1.69. The van der Waals surface area contributed by atoms with Crippen LogP contribution in [0.4, 0.5) is 0 Å². The molecule has 4 bridgehead atoms. The molecule has 3 atom stereocenters. The van der Waals surface area contributed by atoms with Crippen LogP contribution in [0.5, 0.6) is 0 Å². The topological polar surface area (TPSA) is 48.8 Å². The zero-order valence-corrected chi connectivity index (χ0v) is 11.8. The molecule has 3 nitrogen and oxygen atoms in total. The number of benzene rings is 1. The maximum absolute atomic E-state index is 8.73. The maximum atomic E-state index is 8.73. The normalized spacial score (nSPS) is 41.4. The molecule has 4 aliphatic rings. The molecule has 4 aliphatic carbocycles. The van der Waals surface area contributed by atoms with Crippen LogP contribution in [0, 0.1) is 23.7 Å². The molecule has 5 rings (SSSR count). The van der Waals surface area contributed by atoms with Gasteiger partial charge in [0.05, 0.1) is 0 Å². The summed E-state index contributed by atoms with van der Waals surface area (Å²) in [5.74, 6) is 3.17. The van der Waals surface area contributed by atoms with Crippen molar-refractivity contribution in [3.05, 3.63) is 46.3 Å². The predicted octanol–water partition coefficient (Wildman–Crippen LogP) is 4.69. The molecule has 0 amide bonds. The minimum Gasteiger partial charge on any atom is -0.0936 e. The van der Waals surface area contributed by atoms with Gasteiger partial charge >= 0.3 is 0 Å². The van der Waals surface area contributed by atoms with Gasteiger partial charge in [0.2, 0.25) is 0 Å². The third-order valence-electron chi connectivity index (χ3n) is 6.21. The number of azide groups is 1. The first kappa shape index (κ1) is 12.3. The Morgan fingerprint density at radius 1 is 1.10 bits per heavy atom. The lowest BCUT2D eigenvalue weighted by molar-refractivity contribution is -0.0575. The Labute approximate surface area is 120 Å². The highest BCUT2D eigenvalue weighted by atomic mass is 15.1. The summed E-state index contributed by atoms with van der Waals surface area (Å²) < 4.78 is 0. The molecule has 0 saturated heterocycles. The molecule has 3 unspecified atom stereocenters. The lowest BCUT2D eigenvalue weighted by atomic mass is 9.43. The molecule has 4 fully saturated rings. The molecule has 0 N–H and O–H groups in total. The molecule has 0 spiro atoms. The molecule has 4 saturated carbocycles. The van der Waals surface area contributed by atoms with E-state index in [1.165, 1.54) is 37.7 Å². The van der Waals surface area contributed by atoms with E-state index in [4.69, 9.17) is 5.53 Å². The van der Waals surface area contributed by atoms with Gasteiger partial charge in [0.25, 0.3) is 0 Å². The van der Waals surface area contributed by atoms with Crippen molar-refractivity contribution >= 4 is 0 Å². The van der Waals surface area contributed by atoms with Gasteiger partial charge in [-0.3, -0.25) is 0 Å². The van der Waals surface area contributed by atoms with Crippen LogP contribution >= 0.6 is 0 Å². The largest absolute Gasteiger partial charge is 0.0936 e. The van der Waals surface area contributed by atoms with Crippen LogP contribution in [-0.4, -0.2) is 6.54 Å². The lowest BCUT2D eigenvalue weighted by Crippen LogP contribution is -2.56. The van der Waals surface area contributed by atoms with Gasteiger partial charge in [-0.2, -0.15) is 0 Å². The van der Waals surface area contributed by atoms with Crippen LogP contribution in [-0.2, 0) is 5.41 Å². The Kier molecular flexibility index (Phi) is 2.78. The second-order valence-electron chi connectivity index (χ2n) is 7.15. The van der Waals surface area contributed by atoms with Gasteiger partial charge in [-0.1, -0.05) is 35.4 Å². The number of rotatable bonds is 3. The van der Waals surface area contributed by atoms with E-state index in [1.807, 2.05) is 0 Å². The average Bonchev–Trinajstić information content (AvgIpc) is 2.47. The number of hydrogen-bond donors (Lipinski definition) is 0. The van der Waals surface area contributed by atoms with Crippen LogP contribution in [0.15, 0.2) is 35.4 Å². The van der Waals surface area contributed by atoms with Crippen molar-refractivity contribution in [1.29, 1.82) is 0 Å². The highest BCUT2D eigenvalue weighted by Crippen LogP contribution is 2.63. The first-order valence-corrected chi connectivity index (χ1v) is 7.88. The smallest absolute Gasteiger partial charge is 0.0297 e. The molecule has 1 aromatic rings. The number of hydrogen-bond acceptors (Lipinski definition) is 1. The zero-order valence-electron chi connectivity index (χ0n) is 11.8. The van der Waals surface area contributed by atoms with E-state index in [1.54, 1.807) is 0 Å². The standard InChI is InChI=1S/C17H21N3/c18-20-19-11-16-14-7-12-6-13(8-14)10-17(16,9-12)15-4-2-1-3-5-15/h1-5,12-14,16H,6-11H2. The van der Waals surface area contributed by atoms with Crippen LogP contribution in [0.2, 0.25) is 0 Å². The average molecular weight is 267 g/mol. The fourth-order valence-corrected chi connectivity index (χ4v) is 5.81. The first-order chi connectivity index (χ1) is 9.82. The summed E-state index contributed by atoms with van der Waals surface area (Å²) in [6, 6.07) is 11.0. The Hall–Kier alpha value is -1.47. The Balaban J connectivity index is 1.78. The van der Waals surface area contributed by atoms with E-state index < -0.39 is 0 Å². The number of nitrogens with zero attached hydrogens (tertiary/aromatic N) is 3. The van der Waals surface area contributed by atoms with E-state index in [0.717, 1.165) is 17.8 Å². The van der Waals surface area contributed by atoms with Gasteiger partial charge in [-0.25, -0.2) is 0 Å². The van der Waals surface area contributed by atoms with Gasteiger partial charge in [-0.05, 0) is 72.3 Å². The van der Waals surface area contributed by atoms with Gasteiger partial charge in [0, 0.05) is 11.5 Å². The molecule has 0 heterocycles. The summed E-state index contributed by atoms with van der Waals surface area (Å²) in [7, 11) is 0. The SMILES string of the molecule is [N-]=[N+]=NCC1C2CC3CC(C2)CC1(c1ccccc1)C3. The van der Waals surface area contributed by atoms with E-state index in [-0.39, 0.29) is 0 Å². The summed E-state index contributed by atoms with van der Waals surface area (Å²) >= 11 is 0. The molecule has 104 valence electrons. The molecule has 1 aromatic carbocycles. The van der Waals surface area contributed by atoms with Crippen molar-refractivity contribution < 1.29 is 0 Å². The van der Waals surface area contributed by atoms with E-state index >= 15 is 0 Å². The summed E-state index contributed by atoms with van der Waals surface area (Å²) in [6.45, 7) is 0.690. The molecular weight excluding hydrogens is 246 g/mol. The minimum absolute atomic E-state index is 0.296. The second-order valence-corrected chi connectivity index (χ2v) is 7.15. The van der Waals surface area contributed by atoms with Crippen LogP contribution in [0.3, 0.4) is 0 Å². The predicted molar refractivity (Wildman–Crippen MR) is 79.2 cm³/mol. The minimum atomic E-state index is 0.296. The summed E-state index contributed by atoms with van der Waals surface area (Å²) in [6.07, 6.45) is 6.82. The van der Waals surface area contributed by atoms with Crippen LogP contribution in [0.1, 0.15) is 37.7 Å². The van der Waals surface area contributed by atoms with E-state index in [0.29, 0.717) is 17.9 Å². The highest BCUT2D eigenvalue weighted by molar-refractivity contribution is 5.31. The first-order valence-electron chi connectivity index (χ1n) is 7.88. The molecule has 0 radical (unpaired) electrons. The van der Waals surface area contributed by atoms with Gasteiger partial charge in [0.1, 0.15) is 0 Å². The second kappa shape index (κ2) is 4.53. The van der Waals surface area contributed by atoms with Gasteiger partial charge in [-0.15, -0.1) is 0 Å². The maximum Gasteiger partial charge on any atom is 0.0297 e. The molecule has 20 heavy (non-hydrogen) atoms. The van der Waals surface area contributed by atoms with E-state index in [9.17, 15) is 0 Å². The van der Waals surface area contributed by atoms with Crippen LogP contribution < -0.4 is 0 Å².